The predicted octanol–water partition coefficient (Wildman–Crippen LogP) is 2.77. The fourth-order valence-electron chi connectivity index (χ4n) is 2.27. The molecule has 2 aromatic rings. The Morgan fingerprint density at radius 1 is 1.16 bits per heavy atom. The Bertz CT molecular complexity index is 798. The Morgan fingerprint density at radius 2 is 1.96 bits per heavy atom. The fourth-order valence-corrected chi connectivity index (χ4v) is 2.91. The molecule has 1 heterocycles. The van der Waals surface area contributed by atoms with Crippen LogP contribution < -0.4 is 16.0 Å². The van der Waals surface area contributed by atoms with Crippen LogP contribution in [0.2, 0.25) is 0 Å². The summed E-state index contributed by atoms with van der Waals surface area (Å²) in [7, 11) is 0. The average molecular weight is 357 g/mol. The summed E-state index contributed by atoms with van der Waals surface area (Å²) in [6, 6.07) is 7.08. The minimum Gasteiger partial charge on any atom is -0.343 e. The van der Waals surface area contributed by atoms with E-state index in [2.05, 4.69) is 16.0 Å². The second-order valence-corrected chi connectivity index (χ2v) is 6.82. The van der Waals surface area contributed by atoms with Gasteiger partial charge in [0.15, 0.2) is 0 Å². The number of nitrogens with one attached hydrogen (secondary N) is 3. The third kappa shape index (κ3) is 4.67. The topological polar surface area (TPSA) is 87.3 Å². The molecule has 3 amide bonds. The number of carbonyl (C=O) groups excluding carboxylic acids is 3. The first-order valence-corrected chi connectivity index (χ1v) is 8.99. The molecule has 0 saturated heterocycles. The normalized spacial score (nSPS) is 13.2. The highest BCUT2D eigenvalue weighted by molar-refractivity contribution is 7.08. The number of carbonyl (C=O) groups is 3. The average Bonchev–Trinajstić information content (AvgIpc) is 3.30. The number of thiophene rings is 1. The number of aryl methyl sites for hydroxylation is 1. The van der Waals surface area contributed by atoms with E-state index < -0.39 is 0 Å². The Balaban J connectivity index is 1.56. The predicted molar refractivity (Wildman–Crippen MR) is 97.8 cm³/mol. The molecule has 25 heavy (non-hydrogen) atoms. The Kier molecular flexibility index (Phi) is 5.14. The van der Waals surface area contributed by atoms with Crippen LogP contribution >= 0.6 is 11.3 Å². The van der Waals surface area contributed by atoms with Gasteiger partial charge < -0.3 is 16.0 Å². The molecule has 0 spiro atoms. The number of amides is 3. The summed E-state index contributed by atoms with van der Waals surface area (Å²) in [5.41, 5.74) is 2.68. The number of anilines is 2. The molecular weight excluding hydrogens is 338 g/mol. The molecular formula is C18H19N3O3S. The molecule has 0 atom stereocenters. The SMILES string of the molecule is Cc1ccc(NC(=O)C2CC2)cc1NC(=O)CNC(=O)c1ccsc1. The van der Waals surface area contributed by atoms with Gasteiger partial charge in [-0.25, -0.2) is 0 Å². The second kappa shape index (κ2) is 7.48. The first kappa shape index (κ1) is 17.2. The molecule has 0 radical (unpaired) electrons. The van der Waals surface area contributed by atoms with E-state index in [-0.39, 0.29) is 30.2 Å². The summed E-state index contributed by atoms with van der Waals surface area (Å²) < 4.78 is 0. The number of benzene rings is 1. The largest absolute Gasteiger partial charge is 0.343 e. The number of hydrogen-bond donors (Lipinski definition) is 3. The van der Waals surface area contributed by atoms with Crippen LogP contribution in [0.4, 0.5) is 11.4 Å². The van der Waals surface area contributed by atoms with E-state index in [1.165, 1.54) is 11.3 Å². The third-order valence-electron chi connectivity index (χ3n) is 3.92. The van der Waals surface area contributed by atoms with Gasteiger partial charge in [-0.05, 0) is 48.9 Å². The molecule has 1 aliphatic carbocycles. The van der Waals surface area contributed by atoms with Gasteiger partial charge in [-0.3, -0.25) is 14.4 Å². The van der Waals surface area contributed by atoms with Gasteiger partial charge in [0, 0.05) is 28.2 Å². The van der Waals surface area contributed by atoms with Gasteiger partial charge in [0.2, 0.25) is 11.8 Å². The Labute approximate surface area is 149 Å². The van der Waals surface area contributed by atoms with E-state index in [1.807, 2.05) is 19.1 Å². The summed E-state index contributed by atoms with van der Waals surface area (Å²) in [6.45, 7) is 1.75. The van der Waals surface area contributed by atoms with E-state index in [1.54, 1.807) is 22.9 Å². The molecule has 1 fully saturated rings. The van der Waals surface area contributed by atoms with Crippen molar-refractivity contribution in [3.63, 3.8) is 0 Å². The van der Waals surface area contributed by atoms with Gasteiger partial charge in [0.05, 0.1) is 6.54 Å². The highest BCUT2D eigenvalue weighted by Gasteiger charge is 2.29. The molecule has 3 rings (SSSR count). The van der Waals surface area contributed by atoms with Crippen molar-refractivity contribution in [2.75, 3.05) is 17.2 Å². The van der Waals surface area contributed by atoms with E-state index in [9.17, 15) is 14.4 Å². The van der Waals surface area contributed by atoms with Gasteiger partial charge >= 0.3 is 0 Å². The van der Waals surface area contributed by atoms with E-state index in [0.717, 1.165) is 18.4 Å². The molecule has 1 aromatic carbocycles. The number of rotatable bonds is 6. The molecule has 0 aliphatic heterocycles. The van der Waals surface area contributed by atoms with Crippen molar-refractivity contribution in [1.29, 1.82) is 0 Å². The van der Waals surface area contributed by atoms with Crippen LogP contribution in [0.1, 0.15) is 28.8 Å². The molecule has 130 valence electrons. The van der Waals surface area contributed by atoms with Crippen LogP contribution in [0.5, 0.6) is 0 Å². The fraction of sp³-hybridized carbons (Fsp3) is 0.278. The van der Waals surface area contributed by atoms with Crippen molar-refractivity contribution in [2.24, 2.45) is 5.92 Å². The van der Waals surface area contributed by atoms with Crippen molar-refractivity contribution in [3.05, 3.63) is 46.2 Å². The van der Waals surface area contributed by atoms with Crippen LogP contribution in [-0.4, -0.2) is 24.3 Å². The zero-order valence-electron chi connectivity index (χ0n) is 13.8. The monoisotopic (exact) mass is 357 g/mol. The van der Waals surface area contributed by atoms with Crippen molar-refractivity contribution >= 4 is 40.4 Å². The molecule has 7 heteroatoms. The standard InChI is InChI=1S/C18H19N3O3S/c1-11-2-5-14(20-18(24)12-3-4-12)8-15(11)21-16(22)9-19-17(23)13-6-7-25-10-13/h2,5-8,10,12H,3-4,9H2,1H3,(H,19,23)(H,20,24)(H,21,22). The lowest BCUT2D eigenvalue weighted by Crippen LogP contribution is -2.32. The maximum absolute atomic E-state index is 12.1. The molecule has 1 saturated carbocycles. The second-order valence-electron chi connectivity index (χ2n) is 6.04. The summed E-state index contributed by atoms with van der Waals surface area (Å²) in [5, 5.41) is 11.7. The quantitative estimate of drug-likeness (QED) is 0.743. The smallest absolute Gasteiger partial charge is 0.252 e. The van der Waals surface area contributed by atoms with Crippen molar-refractivity contribution in [2.45, 2.75) is 19.8 Å². The summed E-state index contributed by atoms with van der Waals surface area (Å²) in [6.07, 6.45) is 1.87. The molecule has 1 aliphatic rings. The molecule has 1 aromatic heterocycles. The van der Waals surface area contributed by atoms with Crippen LogP contribution in [-0.2, 0) is 9.59 Å². The molecule has 3 N–H and O–H groups in total. The van der Waals surface area contributed by atoms with E-state index >= 15 is 0 Å². The van der Waals surface area contributed by atoms with Gasteiger partial charge in [0.1, 0.15) is 0 Å². The Morgan fingerprint density at radius 3 is 2.64 bits per heavy atom. The maximum atomic E-state index is 12.1. The minimum absolute atomic E-state index is 0.0177. The first-order valence-electron chi connectivity index (χ1n) is 8.04. The zero-order valence-corrected chi connectivity index (χ0v) is 14.6. The van der Waals surface area contributed by atoms with Crippen LogP contribution in [0, 0.1) is 12.8 Å². The maximum Gasteiger partial charge on any atom is 0.252 e. The van der Waals surface area contributed by atoms with Crippen LogP contribution in [0.3, 0.4) is 0 Å². The van der Waals surface area contributed by atoms with Gasteiger partial charge in [-0.2, -0.15) is 11.3 Å². The molecule has 0 unspecified atom stereocenters. The van der Waals surface area contributed by atoms with Crippen molar-refractivity contribution in [3.8, 4) is 0 Å². The van der Waals surface area contributed by atoms with Crippen molar-refractivity contribution in [1.82, 2.24) is 5.32 Å². The van der Waals surface area contributed by atoms with E-state index in [4.69, 9.17) is 0 Å². The molecule has 0 bridgehead atoms. The zero-order chi connectivity index (χ0) is 17.8. The van der Waals surface area contributed by atoms with Crippen LogP contribution in [0.25, 0.3) is 0 Å². The summed E-state index contributed by atoms with van der Waals surface area (Å²) >= 11 is 1.42. The van der Waals surface area contributed by atoms with E-state index in [0.29, 0.717) is 16.9 Å². The van der Waals surface area contributed by atoms with Crippen LogP contribution in [0.15, 0.2) is 35.0 Å². The highest BCUT2D eigenvalue weighted by atomic mass is 32.1. The summed E-state index contributed by atoms with van der Waals surface area (Å²) in [5.74, 6) is -0.466. The lowest BCUT2D eigenvalue weighted by atomic mass is 10.1. The van der Waals surface area contributed by atoms with Gasteiger partial charge in [-0.15, -0.1) is 0 Å². The Hall–Kier alpha value is -2.67. The highest BCUT2D eigenvalue weighted by Crippen LogP contribution is 2.30. The lowest BCUT2D eigenvalue weighted by Gasteiger charge is -2.12. The minimum atomic E-state index is -0.322. The molecule has 6 nitrogen and oxygen atoms in total. The number of hydrogen-bond acceptors (Lipinski definition) is 4. The summed E-state index contributed by atoms with van der Waals surface area (Å²) in [4.78, 5) is 35.8. The van der Waals surface area contributed by atoms with Crippen molar-refractivity contribution < 1.29 is 14.4 Å². The van der Waals surface area contributed by atoms with Gasteiger partial charge in [-0.1, -0.05) is 6.07 Å². The first-order chi connectivity index (χ1) is 12.0. The lowest BCUT2D eigenvalue weighted by molar-refractivity contribution is -0.117. The van der Waals surface area contributed by atoms with Gasteiger partial charge in [0.25, 0.3) is 5.91 Å². The third-order valence-corrected chi connectivity index (χ3v) is 4.60.